The number of ether oxygens (including phenoxy) is 5. The van der Waals surface area contributed by atoms with Crippen molar-refractivity contribution < 1.29 is 23.7 Å². The molecule has 8 aliphatic rings. The van der Waals surface area contributed by atoms with E-state index in [1.807, 2.05) is 0 Å². The molecule has 8 fully saturated rings. The van der Waals surface area contributed by atoms with E-state index in [1.165, 1.54) is 6.42 Å². The largest absolute Gasteiger partial charge is 0.377 e. The lowest BCUT2D eigenvalue weighted by atomic mass is 9.55. The Morgan fingerprint density at radius 2 is 1.00 bits per heavy atom. The standard InChI is InChI=1S/C19H26O5/c1-2-21-4-6-23-9-19-15-11-7-10-12-13(11)17(19)16(12)18(24-19,14(10)15)8-22-5-3-20-1/h10-17H,1-9H2/t10-,11+,12+,13-,14+,15-,16+,17-,18-,19+. The summed E-state index contributed by atoms with van der Waals surface area (Å²) in [6.07, 6.45) is 1.47. The Balaban J connectivity index is 1.23. The van der Waals surface area contributed by atoms with Crippen LogP contribution in [0.1, 0.15) is 6.42 Å². The second kappa shape index (κ2) is 4.37. The summed E-state index contributed by atoms with van der Waals surface area (Å²) in [7, 11) is 0. The summed E-state index contributed by atoms with van der Waals surface area (Å²) in [5.74, 6) is 6.78. The third-order valence-electron chi connectivity index (χ3n) is 8.91. The highest BCUT2D eigenvalue weighted by molar-refractivity contribution is 5.43. The molecule has 24 heavy (non-hydrogen) atoms. The van der Waals surface area contributed by atoms with Crippen LogP contribution in [0.5, 0.6) is 0 Å². The van der Waals surface area contributed by atoms with E-state index in [4.69, 9.17) is 23.7 Å². The first kappa shape index (κ1) is 13.9. The van der Waals surface area contributed by atoms with Gasteiger partial charge in [-0.25, -0.2) is 0 Å². The van der Waals surface area contributed by atoms with E-state index < -0.39 is 0 Å². The maximum atomic E-state index is 6.99. The van der Waals surface area contributed by atoms with Gasteiger partial charge in [-0.15, -0.1) is 0 Å². The van der Waals surface area contributed by atoms with Crippen molar-refractivity contribution >= 4 is 0 Å². The molecule has 0 N–H and O–H groups in total. The van der Waals surface area contributed by atoms with E-state index in [0.29, 0.717) is 39.6 Å². The maximum absolute atomic E-state index is 6.99. The van der Waals surface area contributed by atoms with Crippen LogP contribution in [0.15, 0.2) is 0 Å². The van der Waals surface area contributed by atoms with Crippen LogP contribution < -0.4 is 0 Å². The van der Waals surface area contributed by atoms with Crippen molar-refractivity contribution in [2.45, 2.75) is 17.6 Å². The Morgan fingerprint density at radius 1 is 0.542 bits per heavy atom. The fraction of sp³-hybridized carbons (Fsp3) is 1.00. The van der Waals surface area contributed by atoms with Gasteiger partial charge in [0.15, 0.2) is 0 Å². The van der Waals surface area contributed by atoms with Gasteiger partial charge >= 0.3 is 0 Å². The first-order chi connectivity index (χ1) is 11.9. The summed E-state index contributed by atoms with van der Waals surface area (Å²) in [5.41, 5.74) is 0.0406. The fourth-order valence-corrected chi connectivity index (χ4v) is 8.98. The molecular weight excluding hydrogens is 308 g/mol. The van der Waals surface area contributed by atoms with Gasteiger partial charge in [-0.2, -0.15) is 0 Å². The lowest BCUT2D eigenvalue weighted by Crippen LogP contribution is -2.54. The third kappa shape index (κ3) is 1.25. The van der Waals surface area contributed by atoms with Gasteiger partial charge in [0.2, 0.25) is 0 Å². The topological polar surface area (TPSA) is 46.2 Å². The second-order valence-electron chi connectivity index (χ2n) is 9.16. The van der Waals surface area contributed by atoms with Crippen molar-refractivity contribution in [2.75, 3.05) is 52.9 Å². The average molecular weight is 334 g/mol. The zero-order valence-electron chi connectivity index (χ0n) is 14.0. The van der Waals surface area contributed by atoms with E-state index in [2.05, 4.69) is 0 Å². The molecule has 3 heterocycles. The lowest BCUT2D eigenvalue weighted by Gasteiger charge is -2.47. The Morgan fingerprint density at radius 3 is 1.50 bits per heavy atom. The van der Waals surface area contributed by atoms with Gasteiger partial charge in [-0.05, 0) is 53.8 Å². The fourth-order valence-electron chi connectivity index (χ4n) is 8.98. The quantitative estimate of drug-likeness (QED) is 0.660. The summed E-state index contributed by atoms with van der Waals surface area (Å²) >= 11 is 0. The smallest absolute Gasteiger partial charge is 0.0992 e. The number of hydrogen-bond acceptors (Lipinski definition) is 5. The first-order valence-electron chi connectivity index (χ1n) is 9.90. The van der Waals surface area contributed by atoms with Crippen LogP contribution in [0.2, 0.25) is 0 Å². The van der Waals surface area contributed by atoms with Crippen molar-refractivity contribution in [1.29, 1.82) is 0 Å². The minimum absolute atomic E-state index is 0.0203. The molecule has 5 nitrogen and oxygen atoms in total. The molecule has 0 unspecified atom stereocenters. The summed E-state index contributed by atoms with van der Waals surface area (Å²) in [6.45, 7) is 5.49. The Bertz CT molecular complexity index is 530. The van der Waals surface area contributed by atoms with E-state index >= 15 is 0 Å². The summed E-state index contributed by atoms with van der Waals surface area (Å²) in [5, 5.41) is 0. The second-order valence-corrected chi connectivity index (χ2v) is 9.16. The Hall–Kier alpha value is -0.200. The zero-order chi connectivity index (χ0) is 15.5. The van der Waals surface area contributed by atoms with Gasteiger partial charge in [-0.3, -0.25) is 0 Å². The van der Waals surface area contributed by atoms with E-state index in [-0.39, 0.29) is 11.2 Å². The normalized spacial score (nSPS) is 66.0. The minimum atomic E-state index is 0.0203. The average Bonchev–Trinajstić information content (AvgIpc) is 3.19. The highest BCUT2D eigenvalue weighted by Gasteiger charge is 2.96. The van der Waals surface area contributed by atoms with Crippen molar-refractivity contribution in [1.82, 2.24) is 0 Å². The molecule has 8 rings (SSSR count). The van der Waals surface area contributed by atoms with Crippen molar-refractivity contribution in [2.24, 2.45) is 47.3 Å². The molecule has 0 aromatic rings. The van der Waals surface area contributed by atoms with Gasteiger partial charge in [0.05, 0.1) is 64.1 Å². The van der Waals surface area contributed by atoms with Gasteiger partial charge in [-0.1, -0.05) is 0 Å². The third-order valence-corrected chi connectivity index (χ3v) is 8.91. The molecule has 5 heteroatoms. The first-order valence-corrected chi connectivity index (χ1v) is 9.90. The molecule has 0 radical (unpaired) electrons. The molecule has 10 atom stereocenters. The van der Waals surface area contributed by atoms with Crippen molar-refractivity contribution in [3.8, 4) is 0 Å². The van der Waals surface area contributed by atoms with Crippen LogP contribution in [0.4, 0.5) is 0 Å². The van der Waals surface area contributed by atoms with Crippen LogP contribution in [-0.4, -0.2) is 64.1 Å². The van der Waals surface area contributed by atoms with Crippen molar-refractivity contribution in [3.05, 3.63) is 0 Å². The van der Waals surface area contributed by atoms with Gasteiger partial charge in [0.1, 0.15) is 0 Å². The molecule has 132 valence electrons. The molecule has 3 saturated heterocycles. The van der Waals surface area contributed by atoms with Crippen LogP contribution in [-0.2, 0) is 23.7 Å². The van der Waals surface area contributed by atoms with E-state index in [9.17, 15) is 0 Å². The summed E-state index contributed by atoms with van der Waals surface area (Å²) in [4.78, 5) is 0. The molecule has 5 aliphatic carbocycles. The number of rotatable bonds is 0. The minimum Gasteiger partial charge on any atom is -0.377 e. The predicted octanol–water partition coefficient (Wildman–Crippen LogP) is 0.962. The van der Waals surface area contributed by atoms with Crippen LogP contribution in [0.25, 0.3) is 0 Å². The maximum Gasteiger partial charge on any atom is 0.0992 e. The predicted molar refractivity (Wildman–Crippen MR) is 82.4 cm³/mol. The Labute approximate surface area is 142 Å². The lowest BCUT2D eigenvalue weighted by molar-refractivity contribution is -0.135. The van der Waals surface area contributed by atoms with E-state index in [0.717, 1.165) is 60.6 Å². The molecule has 0 aromatic heterocycles. The van der Waals surface area contributed by atoms with Crippen LogP contribution >= 0.6 is 0 Å². The molecule has 0 aromatic carbocycles. The summed E-state index contributed by atoms with van der Waals surface area (Å²) in [6, 6.07) is 0. The monoisotopic (exact) mass is 334 g/mol. The highest BCUT2D eigenvalue weighted by Crippen LogP contribution is 2.93. The molecular formula is C19H26O5. The SMILES string of the molecule is C1COCCOC[C@]23O[C@@]4(COCCO1)[C@@H]1[C@H]5C[C@H]([C@H]6[C@@H]5[C@@H]4[C@H]62)[C@@H]13. The highest BCUT2D eigenvalue weighted by atomic mass is 16.6. The molecule has 0 amide bonds. The molecule has 3 aliphatic heterocycles. The van der Waals surface area contributed by atoms with Crippen LogP contribution in [0.3, 0.4) is 0 Å². The Kier molecular flexibility index (Phi) is 2.54. The zero-order valence-corrected chi connectivity index (χ0v) is 14.0. The van der Waals surface area contributed by atoms with Gasteiger partial charge in [0.25, 0.3) is 0 Å². The van der Waals surface area contributed by atoms with Crippen LogP contribution in [0, 0.1) is 47.3 Å². The molecule has 2 spiro atoms. The van der Waals surface area contributed by atoms with E-state index in [1.54, 1.807) is 0 Å². The summed E-state index contributed by atoms with van der Waals surface area (Å²) < 4.78 is 30.4. The van der Waals surface area contributed by atoms with Gasteiger partial charge in [0, 0.05) is 0 Å². The van der Waals surface area contributed by atoms with Crippen molar-refractivity contribution in [3.63, 3.8) is 0 Å². The number of hydrogen-bond donors (Lipinski definition) is 0. The molecule has 4 bridgehead atoms. The van der Waals surface area contributed by atoms with Gasteiger partial charge < -0.3 is 23.7 Å². The molecule has 5 saturated carbocycles.